The number of rotatable bonds is 9. The minimum absolute atomic E-state index is 0.118. The van der Waals surface area contributed by atoms with Crippen LogP contribution in [0.2, 0.25) is 0 Å². The van der Waals surface area contributed by atoms with E-state index in [0.717, 1.165) is 53.6 Å². The van der Waals surface area contributed by atoms with Gasteiger partial charge in [0.05, 0.1) is 4.90 Å². The summed E-state index contributed by atoms with van der Waals surface area (Å²) in [7, 11) is -7.06. The van der Waals surface area contributed by atoms with E-state index >= 15 is 0 Å². The summed E-state index contributed by atoms with van der Waals surface area (Å²) in [5.74, 6) is 0. The molecule has 0 spiro atoms. The zero-order valence-corrected chi connectivity index (χ0v) is 28.1. The monoisotopic (exact) mass is 662 g/mol. The van der Waals surface area contributed by atoms with Crippen LogP contribution in [-0.4, -0.2) is 8.42 Å². The van der Waals surface area contributed by atoms with E-state index in [1.807, 2.05) is 134 Å². The second-order valence-corrected chi connectivity index (χ2v) is 16.0. The summed E-state index contributed by atoms with van der Waals surface area (Å²) >= 11 is 0. The van der Waals surface area contributed by atoms with Crippen molar-refractivity contribution < 1.29 is 12.0 Å². The molecule has 0 saturated carbocycles. The largest absolute Gasteiger partial charge is 0.307 e. The quantitative estimate of drug-likeness (QED) is 0.154. The van der Waals surface area contributed by atoms with Crippen molar-refractivity contribution >= 4 is 20.4 Å². The lowest BCUT2D eigenvalue weighted by Crippen LogP contribution is -2.14. The molecule has 48 heavy (non-hydrogen) atoms. The Morgan fingerprint density at radius 1 is 0.333 bits per heavy atom. The summed E-state index contributed by atoms with van der Waals surface area (Å²) < 4.78 is 35.4. The molecule has 0 amide bonds. The van der Waals surface area contributed by atoms with Crippen molar-refractivity contribution in [2.45, 2.75) is 26.5 Å². The third-order valence-electron chi connectivity index (χ3n) is 8.38. The molecule has 3 nitrogen and oxygen atoms in total. The van der Waals surface area contributed by atoms with Crippen molar-refractivity contribution in [1.82, 2.24) is 0 Å². The third kappa shape index (κ3) is 6.36. The molecule has 0 unspecified atom stereocenters. The van der Waals surface area contributed by atoms with Gasteiger partial charge < -0.3 is 0 Å². The SMILES string of the molecule is Cc1ccc(S(=O)(=O)OS(c2ccc(-c3ccccc3)cc2)(c2ccc(-c3ccccc3)cc2)c2ccc(-c3ccccc3)cc2)cc1. The Morgan fingerprint density at radius 3 is 0.917 bits per heavy atom. The van der Waals surface area contributed by atoms with Crippen LogP contribution in [0, 0.1) is 6.92 Å². The standard InChI is InChI=1S/C43H34O3S2/c1-33-17-25-43(26-18-33)48(44,45)46-47(40-27-19-37(20-28-40)34-11-5-2-6-12-34,41-29-21-38(22-30-41)35-13-7-3-8-14-35)42-31-23-39(24-32-42)36-15-9-4-10-16-36/h2-32H,1H3. The topological polar surface area (TPSA) is 43.4 Å². The molecule has 0 aromatic heterocycles. The van der Waals surface area contributed by atoms with E-state index < -0.39 is 20.4 Å². The first-order chi connectivity index (χ1) is 23.4. The molecule has 7 aromatic carbocycles. The number of hydrogen-bond acceptors (Lipinski definition) is 3. The predicted molar refractivity (Wildman–Crippen MR) is 197 cm³/mol. The van der Waals surface area contributed by atoms with Crippen LogP contribution in [0.3, 0.4) is 0 Å². The van der Waals surface area contributed by atoms with Crippen LogP contribution in [0.1, 0.15) is 5.56 Å². The summed E-state index contributed by atoms with van der Waals surface area (Å²) in [4.78, 5) is 2.45. The van der Waals surface area contributed by atoms with Crippen LogP contribution in [-0.2, 0) is 13.7 Å². The normalized spacial score (nSPS) is 12.0. The predicted octanol–water partition coefficient (Wildman–Crippen LogP) is 11.6. The van der Waals surface area contributed by atoms with E-state index in [9.17, 15) is 8.42 Å². The third-order valence-corrected chi connectivity index (χ3v) is 13.6. The zero-order chi connectivity index (χ0) is 33.0. The fourth-order valence-electron chi connectivity index (χ4n) is 5.81. The minimum Gasteiger partial charge on any atom is -0.203 e. The fraction of sp³-hybridized carbons (Fsp3) is 0.0233. The molecule has 0 atom stereocenters. The van der Waals surface area contributed by atoms with Gasteiger partial charge >= 0.3 is 10.1 Å². The number of benzene rings is 7. The highest BCUT2D eigenvalue weighted by atomic mass is 32.3. The molecule has 0 saturated heterocycles. The van der Waals surface area contributed by atoms with E-state index in [1.165, 1.54) is 0 Å². The average Bonchev–Trinajstić information content (AvgIpc) is 3.15. The fourth-order valence-corrected chi connectivity index (χ4v) is 11.0. The van der Waals surface area contributed by atoms with Crippen LogP contribution < -0.4 is 0 Å². The maximum atomic E-state index is 14.3. The molecule has 0 fully saturated rings. The molecule has 0 radical (unpaired) electrons. The summed E-state index contributed by atoms with van der Waals surface area (Å²) in [6.45, 7) is 1.93. The Kier molecular flexibility index (Phi) is 8.83. The summed E-state index contributed by atoms with van der Waals surface area (Å²) in [6.07, 6.45) is 0. The van der Waals surface area contributed by atoms with Crippen molar-refractivity contribution in [3.8, 4) is 33.4 Å². The van der Waals surface area contributed by atoms with Gasteiger partial charge in [0.2, 0.25) is 0 Å². The molecule has 0 heterocycles. The first kappa shape index (κ1) is 31.4. The number of hydrogen-bond donors (Lipinski definition) is 0. The van der Waals surface area contributed by atoms with E-state index in [0.29, 0.717) is 0 Å². The van der Waals surface area contributed by atoms with Crippen LogP contribution >= 0.6 is 10.3 Å². The summed E-state index contributed by atoms with van der Waals surface area (Å²) in [5, 5.41) is 0. The molecule has 0 N–H and O–H groups in total. The Hall–Kier alpha value is -5.20. The Morgan fingerprint density at radius 2 is 0.604 bits per heavy atom. The van der Waals surface area contributed by atoms with Crippen molar-refractivity contribution in [2.75, 3.05) is 0 Å². The van der Waals surface area contributed by atoms with E-state index in [4.69, 9.17) is 3.63 Å². The lowest BCUT2D eigenvalue weighted by Gasteiger charge is -2.39. The molecular formula is C43H34O3S2. The summed E-state index contributed by atoms with van der Waals surface area (Å²) in [5.41, 5.74) is 7.32. The molecular weight excluding hydrogens is 629 g/mol. The van der Waals surface area contributed by atoms with E-state index in [-0.39, 0.29) is 4.90 Å². The van der Waals surface area contributed by atoms with Gasteiger partial charge in [-0.25, -0.2) is 3.63 Å². The maximum Gasteiger partial charge on any atom is 0.307 e. The van der Waals surface area contributed by atoms with Crippen molar-refractivity contribution in [2.24, 2.45) is 0 Å². The van der Waals surface area contributed by atoms with Crippen LogP contribution in [0.15, 0.2) is 208 Å². The van der Waals surface area contributed by atoms with E-state index in [2.05, 4.69) is 36.4 Å². The van der Waals surface area contributed by atoms with E-state index in [1.54, 1.807) is 24.3 Å². The molecule has 0 aliphatic carbocycles. The van der Waals surface area contributed by atoms with Crippen LogP contribution in [0.4, 0.5) is 0 Å². The van der Waals surface area contributed by atoms with Crippen LogP contribution in [0.25, 0.3) is 33.4 Å². The van der Waals surface area contributed by atoms with Gasteiger partial charge in [-0.1, -0.05) is 145 Å². The van der Waals surface area contributed by atoms with Crippen LogP contribution in [0.5, 0.6) is 0 Å². The average molecular weight is 663 g/mol. The Balaban J connectivity index is 1.45. The first-order valence-electron chi connectivity index (χ1n) is 15.8. The van der Waals surface area contributed by atoms with Gasteiger partial charge in [-0.3, -0.25) is 0 Å². The maximum absolute atomic E-state index is 14.3. The highest BCUT2D eigenvalue weighted by molar-refractivity contribution is 8.33. The molecule has 5 heteroatoms. The van der Waals surface area contributed by atoms with Gasteiger partial charge in [0.25, 0.3) is 0 Å². The van der Waals surface area contributed by atoms with Gasteiger partial charge in [-0.15, -0.1) is 0 Å². The van der Waals surface area contributed by atoms with Gasteiger partial charge in [0, 0.05) is 14.7 Å². The first-order valence-corrected chi connectivity index (χ1v) is 18.7. The second-order valence-electron chi connectivity index (χ2n) is 11.6. The zero-order valence-electron chi connectivity index (χ0n) is 26.4. The van der Waals surface area contributed by atoms with Gasteiger partial charge in [-0.05, 0) is 99.1 Å². The lowest BCUT2D eigenvalue weighted by molar-refractivity contribution is 0.508. The minimum atomic E-state index is -4.23. The highest BCUT2D eigenvalue weighted by Crippen LogP contribution is 2.70. The summed E-state index contributed by atoms with van der Waals surface area (Å²) in [6, 6.07) is 61.6. The Labute approximate surface area is 284 Å². The smallest absolute Gasteiger partial charge is 0.203 e. The Bertz CT molecular complexity index is 2020. The number of aryl methyl sites for hydroxylation is 1. The molecule has 236 valence electrons. The molecule has 0 aliphatic rings. The van der Waals surface area contributed by atoms with Crippen molar-refractivity contribution in [1.29, 1.82) is 0 Å². The van der Waals surface area contributed by atoms with Gasteiger partial charge in [0.15, 0.2) is 0 Å². The van der Waals surface area contributed by atoms with Crippen molar-refractivity contribution in [3.05, 3.63) is 194 Å². The molecule has 7 rings (SSSR count). The molecule has 7 aromatic rings. The van der Waals surface area contributed by atoms with Gasteiger partial charge in [-0.2, -0.15) is 8.42 Å². The highest BCUT2D eigenvalue weighted by Gasteiger charge is 2.38. The second kappa shape index (κ2) is 13.5. The lowest BCUT2D eigenvalue weighted by atomic mass is 10.1. The van der Waals surface area contributed by atoms with Gasteiger partial charge in [0.1, 0.15) is 0 Å². The van der Waals surface area contributed by atoms with Crippen molar-refractivity contribution in [3.63, 3.8) is 0 Å². The molecule has 0 aliphatic heterocycles. The molecule has 0 bridgehead atoms.